The molecule has 0 saturated carbocycles. The fourth-order valence-electron chi connectivity index (χ4n) is 1.70. The largest absolute Gasteiger partial charge is 0.507 e. The molecule has 98 valence electrons. The minimum atomic E-state index is 0.197. The van der Waals surface area contributed by atoms with Crippen LogP contribution in [0.15, 0.2) is 59.6 Å². The molecule has 3 rings (SSSR count). The fraction of sp³-hybridized carbons (Fsp3) is 0. The molecule has 0 amide bonds. The molecule has 0 aliphatic rings. The summed E-state index contributed by atoms with van der Waals surface area (Å²) in [5.74, 6) is 0.197. The van der Waals surface area contributed by atoms with E-state index in [1.54, 1.807) is 24.4 Å². The van der Waals surface area contributed by atoms with Gasteiger partial charge < -0.3 is 5.11 Å². The Hall–Kier alpha value is -2.53. The highest BCUT2D eigenvalue weighted by Crippen LogP contribution is 2.33. The maximum absolute atomic E-state index is 9.78. The molecule has 2 aromatic carbocycles. The molecular weight excluding hydrogens is 270 g/mol. The van der Waals surface area contributed by atoms with E-state index in [-0.39, 0.29) is 5.75 Å². The number of phenols is 1. The molecule has 0 aliphatic carbocycles. The van der Waals surface area contributed by atoms with Crippen LogP contribution in [-0.4, -0.2) is 21.5 Å². The van der Waals surface area contributed by atoms with Gasteiger partial charge >= 0.3 is 0 Å². The molecule has 20 heavy (non-hydrogen) atoms. The monoisotopic (exact) mass is 281 g/mol. The Morgan fingerprint density at radius 1 is 0.950 bits per heavy atom. The number of rotatable bonds is 3. The third kappa shape index (κ3) is 2.73. The predicted molar refractivity (Wildman–Crippen MR) is 80.7 cm³/mol. The number of phenolic OH excluding ortho intramolecular Hbond substituents is 1. The summed E-state index contributed by atoms with van der Waals surface area (Å²) in [4.78, 5) is 4.29. The van der Waals surface area contributed by atoms with Gasteiger partial charge in [-0.1, -0.05) is 53.8 Å². The van der Waals surface area contributed by atoms with Crippen LogP contribution in [0.1, 0.15) is 5.56 Å². The average molecular weight is 281 g/mol. The van der Waals surface area contributed by atoms with Gasteiger partial charge in [0, 0.05) is 6.21 Å². The summed E-state index contributed by atoms with van der Waals surface area (Å²) in [6, 6.07) is 16.9. The molecule has 5 heteroatoms. The molecule has 0 bridgehead atoms. The second-order valence-electron chi connectivity index (χ2n) is 4.08. The van der Waals surface area contributed by atoms with Gasteiger partial charge in [0.1, 0.15) is 5.75 Å². The predicted octanol–water partition coefficient (Wildman–Crippen LogP) is 3.66. The molecular formula is C15H11N3OS. The second-order valence-corrected chi connectivity index (χ2v) is 5.03. The molecule has 1 N–H and O–H groups in total. The number of aliphatic imine (C=N–C) groups is 1. The number of benzene rings is 2. The van der Waals surface area contributed by atoms with Crippen LogP contribution in [0.25, 0.3) is 10.6 Å². The molecule has 0 fully saturated rings. The highest BCUT2D eigenvalue weighted by molar-refractivity contribution is 7.18. The van der Waals surface area contributed by atoms with Crippen molar-refractivity contribution in [2.45, 2.75) is 0 Å². The van der Waals surface area contributed by atoms with Crippen LogP contribution in [0, 0.1) is 0 Å². The van der Waals surface area contributed by atoms with E-state index in [1.165, 1.54) is 11.3 Å². The number of para-hydroxylation sites is 1. The van der Waals surface area contributed by atoms with Gasteiger partial charge in [0.15, 0.2) is 5.01 Å². The smallest absolute Gasteiger partial charge is 0.231 e. The van der Waals surface area contributed by atoms with Crippen LogP contribution in [0.3, 0.4) is 0 Å². The number of aromatic hydroxyl groups is 1. The van der Waals surface area contributed by atoms with Gasteiger partial charge in [0.2, 0.25) is 5.13 Å². The van der Waals surface area contributed by atoms with Gasteiger partial charge in [-0.15, -0.1) is 10.2 Å². The lowest BCUT2D eigenvalue weighted by Crippen LogP contribution is -1.78. The second kappa shape index (κ2) is 5.63. The van der Waals surface area contributed by atoms with Crippen LogP contribution >= 0.6 is 11.3 Å². The molecule has 0 unspecified atom stereocenters. The zero-order chi connectivity index (χ0) is 13.8. The van der Waals surface area contributed by atoms with Crippen molar-refractivity contribution in [3.05, 3.63) is 60.2 Å². The van der Waals surface area contributed by atoms with E-state index in [1.807, 2.05) is 36.4 Å². The summed E-state index contributed by atoms with van der Waals surface area (Å²) in [5, 5.41) is 19.1. The topological polar surface area (TPSA) is 58.4 Å². The standard InChI is InChI=1S/C15H11N3OS/c19-13-9-5-4-8-12(13)14-17-18-15(20-14)16-10-11-6-2-1-3-7-11/h1-10,19H/b16-10+. The van der Waals surface area contributed by atoms with E-state index in [2.05, 4.69) is 15.2 Å². The number of nitrogens with zero attached hydrogens (tertiary/aromatic N) is 3. The first kappa shape index (κ1) is 12.5. The Morgan fingerprint density at radius 2 is 1.70 bits per heavy atom. The highest BCUT2D eigenvalue weighted by Gasteiger charge is 2.09. The summed E-state index contributed by atoms with van der Waals surface area (Å²) in [7, 11) is 0. The molecule has 1 aromatic heterocycles. The van der Waals surface area contributed by atoms with Gasteiger partial charge in [-0.25, -0.2) is 4.99 Å². The normalized spacial score (nSPS) is 11.0. The average Bonchev–Trinajstić information content (AvgIpc) is 2.95. The van der Waals surface area contributed by atoms with Crippen LogP contribution in [0.2, 0.25) is 0 Å². The minimum absolute atomic E-state index is 0.197. The number of hydrogen-bond acceptors (Lipinski definition) is 5. The van der Waals surface area contributed by atoms with Gasteiger partial charge in [-0.05, 0) is 17.7 Å². The van der Waals surface area contributed by atoms with E-state index < -0.39 is 0 Å². The zero-order valence-electron chi connectivity index (χ0n) is 10.5. The van der Waals surface area contributed by atoms with Crippen molar-refractivity contribution in [1.82, 2.24) is 10.2 Å². The van der Waals surface area contributed by atoms with Crippen molar-refractivity contribution < 1.29 is 5.11 Å². The summed E-state index contributed by atoms with van der Waals surface area (Å²) in [6.07, 6.45) is 1.75. The van der Waals surface area contributed by atoms with Crippen molar-refractivity contribution in [3.63, 3.8) is 0 Å². The first-order valence-corrected chi connectivity index (χ1v) is 6.85. The lowest BCUT2D eigenvalue weighted by Gasteiger charge is -1.97. The summed E-state index contributed by atoms with van der Waals surface area (Å²) >= 11 is 1.34. The maximum atomic E-state index is 9.78. The third-order valence-corrected chi connectivity index (χ3v) is 3.54. The van der Waals surface area contributed by atoms with Gasteiger partial charge in [0.25, 0.3) is 0 Å². The SMILES string of the molecule is Oc1ccccc1-c1nnc(/N=C/c2ccccc2)s1. The van der Waals surface area contributed by atoms with Crippen LogP contribution in [0.5, 0.6) is 5.75 Å². The van der Waals surface area contributed by atoms with E-state index in [0.717, 1.165) is 5.56 Å². The molecule has 3 aromatic rings. The van der Waals surface area contributed by atoms with Crippen molar-refractivity contribution in [1.29, 1.82) is 0 Å². The van der Waals surface area contributed by atoms with Crippen LogP contribution in [-0.2, 0) is 0 Å². The number of hydrogen-bond donors (Lipinski definition) is 1. The first-order chi connectivity index (χ1) is 9.83. The van der Waals surface area contributed by atoms with E-state index in [0.29, 0.717) is 15.7 Å². The summed E-state index contributed by atoms with van der Waals surface area (Å²) in [6.45, 7) is 0. The lowest BCUT2D eigenvalue weighted by atomic mass is 10.2. The van der Waals surface area contributed by atoms with Gasteiger partial charge in [-0.2, -0.15) is 0 Å². The van der Waals surface area contributed by atoms with Crippen molar-refractivity contribution in [2.75, 3.05) is 0 Å². The Labute approximate surface area is 120 Å². The molecule has 4 nitrogen and oxygen atoms in total. The molecule has 0 radical (unpaired) electrons. The minimum Gasteiger partial charge on any atom is -0.507 e. The molecule has 1 heterocycles. The quantitative estimate of drug-likeness (QED) is 0.745. The van der Waals surface area contributed by atoms with Gasteiger partial charge in [0.05, 0.1) is 5.56 Å². The zero-order valence-corrected chi connectivity index (χ0v) is 11.3. The molecule has 0 spiro atoms. The first-order valence-electron chi connectivity index (χ1n) is 6.04. The van der Waals surface area contributed by atoms with E-state index in [4.69, 9.17) is 0 Å². The van der Waals surface area contributed by atoms with Crippen molar-refractivity contribution in [3.8, 4) is 16.3 Å². The summed E-state index contributed by atoms with van der Waals surface area (Å²) in [5.41, 5.74) is 1.68. The molecule has 0 aliphatic heterocycles. The van der Waals surface area contributed by atoms with Crippen LogP contribution < -0.4 is 0 Å². The Bertz CT molecular complexity index is 738. The lowest BCUT2D eigenvalue weighted by molar-refractivity contribution is 0.477. The van der Waals surface area contributed by atoms with Crippen molar-refractivity contribution >= 4 is 22.7 Å². The third-order valence-electron chi connectivity index (χ3n) is 2.67. The molecule has 0 atom stereocenters. The Kier molecular flexibility index (Phi) is 3.52. The molecule has 0 saturated heterocycles. The number of aromatic nitrogens is 2. The Balaban J connectivity index is 1.85. The van der Waals surface area contributed by atoms with Crippen molar-refractivity contribution in [2.24, 2.45) is 4.99 Å². The summed E-state index contributed by atoms with van der Waals surface area (Å²) < 4.78 is 0. The van der Waals surface area contributed by atoms with Crippen LogP contribution in [0.4, 0.5) is 5.13 Å². The van der Waals surface area contributed by atoms with E-state index in [9.17, 15) is 5.11 Å². The highest BCUT2D eigenvalue weighted by atomic mass is 32.1. The van der Waals surface area contributed by atoms with Gasteiger partial charge in [-0.3, -0.25) is 0 Å². The Morgan fingerprint density at radius 3 is 2.50 bits per heavy atom. The maximum Gasteiger partial charge on any atom is 0.231 e. The fourth-order valence-corrected chi connectivity index (χ4v) is 2.42. The van der Waals surface area contributed by atoms with E-state index >= 15 is 0 Å².